The number of fused-ring (bicyclic) bond motifs is 1. The molecule has 0 bridgehead atoms. The van der Waals surface area contributed by atoms with Gasteiger partial charge in [-0.3, -0.25) is 0 Å². The molecule has 0 aliphatic heterocycles. The summed E-state index contributed by atoms with van der Waals surface area (Å²) in [5, 5.41) is 11.5. The zero-order chi connectivity index (χ0) is 27.0. The normalized spacial score (nSPS) is 20.5. The Labute approximate surface area is 216 Å². The lowest BCUT2D eigenvalue weighted by Gasteiger charge is -2.37. The summed E-state index contributed by atoms with van der Waals surface area (Å²) in [6.45, 7) is 8.40. The van der Waals surface area contributed by atoms with Crippen molar-refractivity contribution >= 4 is 10.8 Å². The fraction of sp³-hybridized carbons (Fsp3) is 0.467. The highest BCUT2D eigenvalue weighted by atomic mass is 19.4. The van der Waals surface area contributed by atoms with Gasteiger partial charge in [-0.1, -0.05) is 51.1 Å². The molecule has 3 N–H and O–H groups in total. The van der Waals surface area contributed by atoms with Crippen LogP contribution >= 0.6 is 0 Å². The van der Waals surface area contributed by atoms with E-state index in [2.05, 4.69) is 25.5 Å². The topological polar surface area (TPSA) is 64.7 Å². The van der Waals surface area contributed by atoms with E-state index in [0.29, 0.717) is 11.7 Å². The van der Waals surface area contributed by atoms with Crippen molar-refractivity contribution in [1.82, 2.24) is 0 Å². The second kappa shape index (κ2) is 10.2. The van der Waals surface area contributed by atoms with Gasteiger partial charge in [0.1, 0.15) is 11.5 Å². The largest absolute Gasteiger partial charge is 0.573 e. The predicted molar refractivity (Wildman–Crippen MR) is 141 cm³/mol. The monoisotopic (exact) mass is 515 g/mol. The number of halogens is 3. The molecule has 1 atom stereocenters. The third-order valence-electron chi connectivity index (χ3n) is 7.54. The Hall–Kier alpha value is -2.77. The Morgan fingerprint density at radius 2 is 1.54 bits per heavy atom. The van der Waals surface area contributed by atoms with E-state index in [-0.39, 0.29) is 23.9 Å². The first-order chi connectivity index (χ1) is 17.3. The molecule has 37 heavy (non-hydrogen) atoms. The van der Waals surface area contributed by atoms with Gasteiger partial charge < -0.3 is 20.3 Å². The molecule has 0 heterocycles. The Morgan fingerprint density at radius 1 is 0.892 bits per heavy atom. The highest BCUT2D eigenvalue weighted by Gasteiger charge is 2.32. The minimum Gasteiger partial charge on any atom is -0.490 e. The SMILES string of the molecule is CC(C)(C)C1CCC(Oc2ccc3cc([C@@](C)(N)CO)ccc3c2-c2ccc(OC(F)(F)F)cc2)CC1. The number of hydrogen-bond acceptors (Lipinski definition) is 4. The highest BCUT2D eigenvalue weighted by molar-refractivity contribution is 6.00. The number of benzene rings is 3. The summed E-state index contributed by atoms with van der Waals surface area (Å²) < 4.78 is 48.7. The van der Waals surface area contributed by atoms with E-state index in [4.69, 9.17) is 10.5 Å². The second-order valence-corrected chi connectivity index (χ2v) is 11.5. The average molecular weight is 516 g/mol. The molecule has 0 amide bonds. The van der Waals surface area contributed by atoms with Crippen LogP contribution in [0.4, 0.5) is 13.2 Å². The van der Waals surface area contributed by atoms with Crippen molar-refractivity contribution in [3.05, 3.63) is 60.2 Å². The lowest BCUT2D eigenvalue weighted by molar-refractivity contribution is -0.274. The molecular weight excluding hydrogens is 479 g/mol. The third-order valence-corrected chi connectivity index (χ3v) is 7.54. The second-order valence-electron chi connectivity index (χ2n) is 11.5. The molecule has 1 aliphatic rings. The van der Waals surface area contributed by atoms with Crippen LogP contribution in [-0.4, -0.2) is 24.2 Å². The highest BCUT2D eigenvalue weighted by Crippen LogP contribution is 2.43. The van der Waals surface area contributed by atoms with Crippen molar-refractivity contribution in [3.63, 3.8) is 0 Å². The van der Waals surface area contributed by atoms with Crippen molar-refractivity contribution in [3.8, 4) is 22.6 Å². The number of alkyl halides is 3. The number of hydrogen-bond donors (Lipinski definition) is 2. The van der Waals surface area contributed by atoms with Gasteiger partial charge in [-0.25, -0.2) is 0 Å². The molecule has 1 aliphatic carbocycles. The lowest BCUT2D eigenvalue weighted by Crippen LogP contribution is -2.36. The maximum atomic E-state index is 12.7. The predicted octanol–water partition coefficient (Wildman–Crippen LogP) is 7.56. The molecule has 0 aromatic heterocycles. The molecule has 7 heteroatoms. The first kappa shape index (κ1) is 27.3. The molecule has 1 fully saturated rings. The van der Waals surface area contributed by atoms with Crippen molar-refractivity contribution in [2.75, 3.05) is 6.61 Å². The molecule has 0 radical (unpaired) electrons. The van der Waals surface area contributed by atoms with E-state index in [1.165, 1.54) is 12.1 Å². The molecule has 0 spiro atoms. The summed E-state index contributed by atoms with van der Waals surface area (Å²) in [6.07, 6.45) is -0.569. The zero-order valence-corrected chi connectivity index (χ0v) is 21.9. The molecular formula is C30H36F3NO3. The van der Waals surface area contributed by atoms with E-state index in [0.717, 1.165) is 53.1 Å². The molecule has 4 nitrogen and oxygen atoms in total. The maximum Gasteiger partial charge on any atom is 0.573 e. The van der Waals surface area contributed by atoms with Crippen LogP contribution in [0.5, 0.6) is 11.5 Å². The van der Waals surface area contributed by atoms with Gasteiger partial charge in [0.05, 0.1) is 18.2 Å². The number of rotatable bonds is 6. The number of nitrogens with two attached hydrogens (primary N) is 1. The molecule has 200 valence electrons. The fourth-order valence-corrected chi connectivity index (χ4v) is 5.20. The van der Waals surface area contributed by atoms with Crippen molar-refractivity contribution < 1.29 is 27.8 Å². The van der Waals surface area contributed by atoms with E-state index >= 15 is 0 Å². The molecule has 0 saturated heterocycles. The number of ether oxygens (including phenoxy) is 2. The minimum atomic E-state index is -4.75. The van der Waals surface area contributed by atoms with Gasteiger partial charge in [-0.2, -0.15) is 0 Å². The maximum absolute atomic E-state index is 12.7. The van der Waals surface area contributed by atoms with Crippen LogP contribution < -0.4 is 15.2 Å². The fourth-order valence-electron chi connectivity index (χ4n) is 5.20. The van der Waals surface area contributed by atoms with E-state index < -0.39 is 11.9 Å². The van der Waals surface area contributed by atoms with Gasteiger partial charge >= 0.3 is 6.36 Å². The smallest absolute Gasteiger partial charge is 0.490 e. The van der Waals surface area contributed by atoms with Crippen molar-refractivity contribution in [2.24, 2.45) is 17.1 Å². The van der Waals surface area contributed by atoms with Crippen LogP contribution in [0, 0.1) is 11.3 Å². The summed E-state index contributed by atoms with van der Waals surface area (Å²) in [7, 11) is 0. The minimum absolute atomic E-state index is 0.0728. The molecule has 3 aromatic rings. The standard InChI is InChI=1S/C30H36F3NO3/c1-28(2,3)21-8-13-23(14-9-21)36-26-16-7-20-17-22(29(4,34)18-35)10-15-25(20)27(26)19-5-11-24(12-6-19)37-30(31,32)33/h5-7,10-12,15-17,21,23,35H,8-9,13-14,18,34H2,1-4H3/t21?,23?,29-/m0/s1. The third kappa shape index (κ3) is 6.39. The van der Waals surface area contributed by atoms with Crippen molar-refractivity contribution in [2.45, 2.75) is 71.4 Å². The first-order valence-electron chi connectivity index (χ1n) is 12.8. The van der Waals surface area contributed by atoms with E-state index in [1.54, 1.807) is 19.1 Å². The van der Waals surface area contributed by atoms with Crippen LogP contribution in [0.3, 0.4) is 0 Å². The molecule has 4 rings (SSSR count). The van der Waals surface area contributed by atoms with Crippen molar-refractivity contribution in [1.29, 1.82) is 0 Å². The number of aliphatic hydroxyl groups excluding tert-OH is 1. The van der Waals surface area contributed by atoms with Gasteiger partial charge in [0.2, 0.25) is 0 Å². The van der Waals surface area contributed by atoms with E-state index in [1.807, 2.05) is 30.3 Å². The van der Waals surface area contributed by atoms with Gasteiger partial charge in [0.25, 0.3) is 0 Å². The van der Waals surface area contributed by atoms with Crippen LogP contribution in [0.25, 0.3) is 21.9 Å². The molecule has 3 aromatic carbocycles. The van der Waals surface area contributed by atoms with Crippen LogP contribution in [0.15, 0.2) is 54.6 Å². The summed E-state index contributed by atoms with van der Waals surface area (Å²) >= 11 is 0. The quantitative estimate of drug-likeness (QED) is 0.356. The summed E-state index contributed by atoms with van der Waals surface area (Å²) in [6, 6.07) is 15.5. The van der Waals surface area contributed by atoms with Crippen LogP contribution in [0.1, 0.15) is 58.9 Å². The summed E-state index contributed by atoms with van der Waals surface area (Å²) in [4.78, 5) is 0. The Balaban J connectivity index is 1.72. The van der Waals surface area contributed by atoms with Gasteiger partial charge in [0, 0.05) is 5.56 Å². The number of aliphatic hydroxyl groups is 1. The van der Waals surface area contributed by atoms with Gasteiger partial charge in [-0.15, -0.1) is 13.2 Å². The lowest BCUT2D eigenvalue weighted by atomic mass is 9.72. The summed E-state index contributed by atoms with van der Waals surface area (Å²) in [5.41, 5.74) is 7.95. The average Bonchev–Trinajstić information content (AvgIpc) is 2.83. The van der Waals surface area contributed by atoms with Gasteiger partial charge in [0.15, 0.2) is 0 Å². The Bertz CT molecular complexity index is 1220. The van der Waals surface area contributed by atoms with Crippen LogP contribution in [0.2, 0.25) is 0 Å². The van der Waals surface area contributed by atoms with Gasteiger partial charge in [-0.05, 0) is 90.1 Å². The first-order valence-corrected chi connectivity index (χ1v) is 12.8. The molecule has 1 saturated carbocycles. The zero-order valence-electron chi connectivity index (χ0n) is 21.9. The summed E-state index contributed by atoms with van der Waals surface area (Å²) in [5.74, 6) is 1.07. The Kier molecular flexibility index (Phi) is 7.50. The van der Waals surface area contributed by atoms with Crippen LogP contribution in [-0.2, 0) is 5.54 Å². The Morgan fingerprint density at radius 3 is 2.11 bits per heavy atom. The van der Waals surface area contributed by atoms with E-state index in [9.17, 15) is 18.3 Å². The molecule has 0 unspecified atom stereocenters.